The summed E-state index contributed by atoms with van der Waals surface area (Å²) in [6.07, 6.45) is 5.72. The second-order valence-corrected chi connectivity index (χ2v) is 9.41. The average molecular weight is 535 g/mol. The van der Waals surface area contributed by atoms with Crippen molar-refractivity contribution in [1.29, 1.82) is 0 Å². The van der Waals surface area contributed by atoms with Crippen molar-refractivity contribution in [2.45, 2.75) is 25.7 Å². The number of thiazole rings is 1. The maximum absolute atomic E-state index is 13.5. The molecule has 2 aliphatic heterocycles. The van der Waals surface area contributed by atoms with Crippen molar-refractivity contribution < 1.29 is 9.18 Å². The molecular weight excluding hydrogens is 516 g/mol. The van der Waals surface area contributed by atoms with E-state index < -0.39 is 5.95 Å². The minimum Gasteiger partial charge on any atom is -0.357 e. The Balaban J connectivity index is 1.43. The lowest BCUT2D eigenvalue weighted by Crippen LogP contribution is -2.37. The molecule has 30 heavy (non-hydrogen) atoms. The first-order valence-electron chi connectivity index (χ1n) is 9.95. The predicted molar refractivity (Wildman–Crippen MR) is 124 cm³/mol. The molecule has 0 saturated carbocycles. The number of hydrogen-bond acceptors (Lipinski definition) is 6. The molecule has 1 fully saturated rings. The molecule has 6 nitrogen and oxygen atoms in total. The van der Waals surface area contributed by atoms with Crippen LogP contribution in [0, 0.1) is 9.65 Å². The zero-order chi connectivity index (χ0) is 20.7. The molecule has 154 valence electrons. The zero-order valence-corrected chi connectivity index (χ0v) is 19.1. The van der Waals surface area contributed by atoms with E-state index in [-0.39, 0.29) is 5.91 Å². The van der Waals surface area contributed by atoms with Gasteiger partial charge in [-0.2, -0.15) is 4.39 Å². The molecule has 2 aliphatic rings. The monoisotopic (exact) mass is 535 g/mol. The normalized spacial score (nSPS) is 16.7. The Hall–Kier alpha value is -2.14. The minimum absolute atomic E-state index is 0.140. The number of aromatic nitrogens is 3. The zero-order valence-electron chi connectivity index (χ0n) is 16.1. The van der Waals surface area contributed by atoms with Gasteiger partial charge in [0.05, 0.1) is 11.4 Å². The summed E-state index contributed by atoms with van der Waals surface area (Å²) >= 11 is 3.64. The van der Waals surface area contributed by atoms with Crippen LogP contribution in [0.2, 0.25) is 0 Å². The summed E-state index contributed by atoms with van der Waals surface area (Å²) < 4.78 is 14.4. The van der Waals surface area contributed by atoms with Crippen LogP contribution in [-0.4, -0.2) is 40.5 Å². The van der Waals surface area contributed by atoms with E-state index in [4.69, 9.17) is 9.97 Å². The number of piperidine rings is 1. The molecule has 3 aromatic rings. The van der Waals surface area contributed by atoms with E-state index >= 15 is 0 Å². The van der Waals surface area contributed by atoms with Gasteiger partial charge in [-0.1, -0.05) is 0 Å². The fourth-order valence-electron chi connectivity index (χ4n) is 3.94. The van der Waals surface area contributed by atoms with Crippen molar-refractivity contribution in [2.75, 3.05) is 29.4 Å². The van der Waals surface area contributed by atoms with Crippen LogP contribution in [0.25, 0.3) is 10.6 Å². The third-order valence-corrected chi connectivity index (χ3v) is 7.42. The molecule has 5 rings (SSSR count). The number of halogens is 2. The summed E-state index contributed by atoms with van der Waals surface area (Å²) in [6.45, 7) is 2.57. The van der Waals surface area contributed by atoms with E-state index in [0.29, 0.717) is 23.5 Å². The summed E-state index contributed by atoms with van der Waals surface area (Å²) in [5, 5.41) is 0.804. The Labute approximate surface area is 191 Å². The Kier molecular flexibility index (Phi) is 5.40. The lowest BCUT2D eigenvalue weighted by Gasteiger charge is -2.27. The van der Waals surface area contributed by atoms with Gasteiger partial charge in [-0.05, 0) is 60.1 Å². The number of carbonyl (C=O) groups is 1. The molecule has 0 bridgehead atoms. The van der Waals surface area contributed by atoms with Crippen molar-refractivity contribution in [2.24, 2.45) is 0 Å². The highest BCUT2D eigenvalue weighted by Crippen LogP contribution is 2.35. The van der Waals surface area contributed by atoms with Crippen molar-refractivity contribution in [3.8, 4) is 10.6 Å². The van der Waals surface area contributed by atoms with E-state index in [9.17, 15) is 9.18 Å². The van der Waals surface area contributed by atoms with Crippen molar-refractivity contribution in [1.82, 2.24) is 15.0 Å². The highest BCUT2D eigenvalue weighted by atomic mass is 127. The summed E-state index contributed by atoms with van der Waals surface area (Å²) in [5.74, 6) is 0.273. The van der Waals surface area contributed by atoms with Crippen LogP contribution in [0.15, 0.2) is 30.5 Å². The first-order valence-corrected chi connectivity index (χ1v) is 11.8. The second kappa shape index (κ2) is 8.18. The first-order chi connectivity index (χ1) is 14.6. The minimum atomic E-state index is -0.592. The summed E-state index contributed by atoms with van der Waals surface area (Å²) in [7, 11) is 0. The molecule has 0 atom stereocenters. The highest BCUT2D eigenvalue weighted by molar-refractivity contribution is 14.1. The van der Waals surface area contributed by atoms with E-state index in [1.54, 1.807) is 11.0 Å². The summed E-state index contributed by atoms with van der Waals surface area (Å²) in [5.41, 5.74) is 2.28. The topological polar surface area (TPSA) is 62.2 Å². The van der Waals surface area contributed by atoms with Gasteiger partial charge in [0.25, 0.3) is 5.91 Å². The molecule has 3 aromatic heterocycles. The molecule has 1 saturated heterocycles. The maximum Gasteiger partial charge on any atom is 0.270 e. The van der Waals surface area contributed by atoms with Crippen LogP contribution in [-0.2, 0) is 6.42 Å². The molecule has 0 spiro atoms. The largest absolute Gasteiger partial charge is 0.357 e. The van der Waals surface area contributed by atoms with Crippen molar-refractivity contribution in [3.63, 3.8) is 0 Å². The van der Waals surface area contributed by atoms with Gasteiger partial charge in [0, 0.05) is 43.9 Å². The molecule has 5 heterocycles. The molecule has 0 unspecified atom stereocenters. The fraction of sp³-hybridized carbons (Fsp3) is 0.333. The molecule has 0 radical (unpaired) electrons. The second-order valence-electron chi connectivity index (χ2n) is 7.39. The molecule has 0 N–H and O–H groups in total. The van der Waals surface area contributed by atoms with Crippen LogP contribution in [0.1, 0.15) is 34.6 Å². The Bertz CT molecular complexity index is 1110. The lowest BCUT2D eigenvalue weighted by atomic mass is 10.1. The Morgan fingerprint density at radius 3 is 2.67 bits per heavy atom. The number of hydrogen-bond donors (Lipinski definition) is 0. The maximum atomic E-state index is 13.5. The number of fused-ring (bicyclic) bond motifs is 1. The van der Waals surface area contributed by atoms with E-state index in [2.05, 4.69) is 44.6 Å². The number of carbonyl (C=O) groups excluding carboxylic acids is 1. The smallest absolute Gasteiger partial charge is 0.270 e. The molecule has 1 amide bonds. The first kappa shape index (κ1) is 19.8. The van der Waals surface area contributed by atoms with Gasteiger partial charge in [-0.3, -0.25) is 4.79 Å². The number of rotatable bonds is 3. The summed E-state index contributed by atoms with van der Waals surface area (Å²) in [6, 6.07) is 7.05. The van der Waals surface area contributed by atoms with Gasteiger partial charge in [-0.15, -0.1) is 11.3 Å². The standard InChI is InChI=1S/C21H19FIN5OS/c22-16-12-13(6-8-24-16)28-11-7-15-18(21(28)29)30-20(25-15)14-4-5-17(26-19(14)23)27-9-2-1-3-10-27/h4-6,8,12H,1-3,7,9-11H2. The van der Waals surface area contributed by atoms with Gasteiger partial charge < -0.3 is 9.80 Å². The van der Waals surface area contributed by atoms with E-state index in [1.807, 2.05) is 0 Å². The van der Waals surface area contributed by atoms with Gasteiger partial charge in [-0.25, -0.2) is 15.0 Å². The third-order valence-electron chi connectivity index (χ3n) is 5.48. The van der Waals surface area contributed by atoms with Crippen LogP contribution < -0.4 is 9.80 Å². The molecule has 0 aromatic carbocycles. The lowest BCUT2D eigenvalue weighted by molar-refractivity contribution is 0.0984. The van der Waals surface area contributed by atoms with Crippen molar-refractivity contribution >= 4 is 51.3 Å². The van der Waals surface area contributed by atoms with Crippen LogP contribution >= 0.6 is 33.9 Å². The third kappa shape index (κ3) is 3.68. The van der Waals surface area contributed by atoms with Gasteiger partial charge >= 0.3 is 0 Å². The predicted octanol–water partition coefficient (Wildman–Crippen LogP) is 4.54. The van der Waals surface area contributed by atoms with Crippen LogP contribution in [0.4, 0.5) is 15.9 Å². The highest BCUT2D eigenvalue weighted by Gasteiger charge is 2.30. The number of amides is 1. The van der Waals surface area contributed by atoms with Gasteiger partial charge in [0.2, 0.25) is 5.95 Å². The van der Waals surface area contributed by atoms with Gasteiger partial charge in [0.15, 0.2) is 0 Å². The molecular formula is C21H19FIN5OS. The quantitative estimate of drug-likeness (QED) is 0.364. The number of anilines is 2. The van der Waals surface area contributed by atoms with Crippen LogP contribution in [0.5, 0.6) is 0 Å². The fourth-order valence-corrected chi connectivity index (χ4v) is 5.89. The van der Waals surface area contributed by atoms with E-state index in [0.717, 1.165) is 38.9 Å². The molecule has 0 aliphatic carbocycles. The van der Waals surface area contributed by atoms with E-state index in [1.165, 1.54) is 42.9 Å². The van der Waals surface area contributed by atoms with Gasteiger partial charge in [0.1, 0.15) is 19.4 Å². The number of nitrogens with zero attached hydrogens (tertiary/aromatic N) is 5. The Morgan fingerprint density at radius 2 is 1.90 bits per heavy atom. The SMILES string of the molecule is O=C1c2sc(-c3ccc(N4CCCCC4)nc3I)nc2CCN1c1ccnc(F)c1. The molecule has 9 heteroatoms. The summed E-state index contributed by atoms with van der Waals surface area (Å²) in [4.78, 5) is 30.7. The average Bonchev–Trinajstić information content (AvgIpc) is 3.19. The van der Waals surface area contributed by atoms with Crippen LogP contribution in [0.3, 0.4) is 0 Å². The number of pyridine rings is 2. The Morgan fingerprint density at radius 1 is 1.07 bits per heavy atom. The van der Waals surface area contributed by atoms with Crippen molar-refractivity contribution in [3.05, 3.63) is 50.7 Å².